The number of carbonyl (C=O) groups is 3. The van der Waals surface area contributed by atoms with Crippen molar-refractivity contribution in [1.82, 2.24) is 10.2 Å². The number of furan rings is 1. The van der Waals surface area contributed by atoms with Gasteiger partial charge in [0.2, 0.25) is 0 Å². The Morgan fingerprint density at radius 1 is 1.24 bits per heavy atom. The van der Waals surface area contributed by atoms with Crippen molar-refractivity contribution in [1.29, 1.82) is 0 Å². The van der Waals surface area contributed by atoms with Crippen LogP contribution in [0.4, 0.5) is 4.79 Å². The third-order valence-corrected chi connectivity index (χ3v) is 4.29. The van der Waals surface area contributed by atoms with Gasteiger partial charge in [-0.2, -0.15) is 0 Å². The molecule has 2 aliphatic rings. The molecule has 0 bridgehead atoms. The molecule has 0 radical (unpaired) electrons. The topological polar surface area (TPSA) is 79.6 Å². The van der Waals surface area contributed by atoms with E-state index in [-0.39, 0.29) is 12.1 Å². The lowest BCUT2D eigenvalue weighted by Gasteiger charge is -2.27. The molecule has 1 aromatic rings. The monoisotopic (exact) mass is 340 g/mol. The molecule has 0 atom stereocenters. The van der Waals surface area contributed by atoms with Gasteiger partial charge in [0.1, 0.15) is 11.3 Å². The Morgan fingerprint density at radius 3 is 2.84 bits per heavy atom. The molecule has 1 fully saturated rings. The number of carbonyl (C=O) groups excluding carboxylic acids is 3. The number of nitrogens with one attached hydrogen (secondary N) is 1. The average Bonchev–Trinajstić information content (AvgIpc) is 3.12. The fourth-order valence-corrected chi connectivity index (χ4v) is 2.93. The Balaban J connectivity index is 1.69. The minimum atomic E-state index is -0.674. The summed E-state index contributed by atoms with van der Waals surface area (Å²) in [4.78, 5) is 37.5. The molecule has 1 aliphatic heterocycles. The zero-order valence-electron chi connectivity index (χ0n) is 13.9. The molecule has 1 aliphatic carbocycles. The molecule has 1 N–H and O–H groups in total. The second-order valence-electron chi connectivity index (χ2n) is 6.03. The van der Waals surface area contributed by atoms with Gasteiger partial charge in [0, 0.05) is 6.54 Å². The van der Waals surface area contributed by atoms with E-state index in [0.717, 1.165) is 24.2 Å². The van der Waals surface area contributed by atoms with E-state index < -0.39 is 17.8 Å². The molecule has 130 valence electrons. The van der Waals surface area contributed by atoms with Gasteiger partial charge in [0.15, 0.2) is 0 Å². The first-order valence-electron chi connectivity index (χ1n) is 8.42. The summed E-state index contributed by atoms with van der Waals surface area (Å²) >= 11 is 0. The summed E-state index contributed by atoms with van der Waals surface area (Å²) in [5, 5.41) is 2.22. The number of amides is 4. The van der Waals surface area contributed by atoms with Gasteiger partial charge in [0.25, 0.3) is 11.8 Å². The molecule has 0 aromatic carbocycles. The quantitative estimate of drug-likeness (QED) is 0.507. The number of urea groups is 1. The molecule has 1 saturated heterocycles. The zero-order chi connectivity index (χ0) is 17.6. The van der Waals surface area contributed by atoms with E-state index in [1.807, 2.05) is 0 Å². The molecule has 0 unspecified atom stereocenters. The van der Waals surface area contributed by atoms with Crippen LogP contribution in [0.15, 0.2) is 52.2 Å². The van der Waals surface area contributed by atoms with Crippen LogP contribution in [0.3, 0.4) is 0 Å². The first-order chi connectivity index (χ1) is 12.1. The van der Waals surface area contributed by atoms with Gasteiger partial charge in [-0.05, 0) is 56.4 Å². The molecule has 4 amide bonds. The molecule has 6 heteroatoms. The van der Waals surface area contributed by atoms with Crippen molar-refractivity contribution >= 4 is 23.9 Å². The van der Waals surface area contributed by atoms with Crippen LogP contribution in [0.25, 0.3) is 6.08 Å². The first kappa shape index (κ1) is 17.0. The van der Waals surface area contributed by atoms with Gasteiger partial charge >= 0.3 is 6.03 Å². The highest BCUT2D eigenvalue weighted by atomic mass is 16.3. The largest absolute Gasteiger partial charge is 0.465 e. The highest BCUT2D eigenvalue weighted by Gasteiger charge is 2.35. The van der Waals surface area contributed by atoms with Gasteiger partial charge in [-0.1, -0.05) is 17.7 Å². The van der Waals surface area contributed by atoms with E-state index >= 15 is 0 Å². The normalized spacial score (nSPS) is 20.3. The minimum absolute atomic E-state index is 0.0555. The number of rotatable bonds is 5. The van der Waals surface area contributed by atoms with E-state index in [2.05, 4.69) is 11.4 Å². The van der Waals surface area contributed by atoms with Crippen LogP contribution in [-0.4, -0.2) is 29.3 Å². The van der Waals surface area contributed by atoms with Crippen molar-refractivity contribution in [3.8, 4) is 0 Å². The number of barbiturate groups is 1. The summed E-state index contributed by atoms with van der Waals surface area (Å²) in [6.45, 7) is 0.281. The predicted octanol–water partition coefficient (Wildman–Crippen LogP) is 3.19. The van der Waals surface area contributed by atoms with Crippen molar-refractivity contribution in [2.24, 2.45) is 0 Å². The van der Waals surface area contributed by atoms with Crippen LogP contribution >= 0.6 is 0 Å². The molecule has 0 saturated carbocycles. The maximum atomic E-state index is 12.5. The van der Waals surface area contributed by atoms with E-state index in [1.165, 1.54) is 24.3 Å². The number of nitrogens with zero attached hydrogens (tertiary/aromatic N) is 1. The maximum absolute atomic E-state index is 12.5. The van der Waals surface area contributed by atoms with E-state index in [9.17, 15) is 14.4 Å². The van der Waals surface area contributed by atoms with Crippen LogP contribution in [0.5, 0.6) is 0 Å². The summed E-state index contributed by atoms with van der Waals surface area (Å²) < 4.78 is 5.15. The Labute approximate surface area is 145 Å². The van der Waals surface area contributed by atoms with Gasteiger partial charge in [-0.3, -0.25) is 19.8 Å². The van der Waals surface area contributed by atoms with Crippen molar-refractivity contribution in [2.75, 3.05) is 6.54 Å². The van der Waals surface area contributed by atoms with E-state index in [0.29, 0.717) is 12.2 Å². The standard InChI is InChI=1S/C19H20N2O4/c22-17-16(10-4-8-15-9-5-13-25-15)18(23)21(19(24)20-17)12-11-14-6-2-1-3-7-14/h4-6,8-10,13H,1-3,7,11-12H2,(H,20,22,24)/b8-4+,16-10+. The Kier molecular flexibility index (Phi) is 5.28. The lowest BCUT2D eigenvalue weighted by Crippen LogP contribution is -2.54. The number of allylic oxidation sites excluding steroid dienone is 3. The zero-order valence-corrected chi connectivity index (χ0v) is 13.9. The van der Waals surface area contributed by atoms with Crippen molar-refractivity contribution in [3.05, 3.63) is 53.5 Å². The average molecular weight is 340 g/mol. The van der Waals surface area contributed by atoms with Crippen molar-refractivity contribution < 1.29 is 18.8 Å². The molecule has 25 heavy (non-hydrogen) atoms. The van der Waals surface area contributed by atoms with E-state index in [1.54, 1.807) is 24.3 Å². The molecule has 0 spiro atoms. The number of imide groups is 2. The lowest BCUT2D eigenvalue weighted by atomic mass is 9.97. The second kappa shape index (κ2) is 7.79. The Morgan fingerprint density at radius 2 is 2.12 bits per heavy atom. The smallest absolute Gasteiger partial charge is 0.331 e. The molecule has 6 nitrogen and oxygen atoms in total. The highest BCUT2D eigenvalue weighted by molar-refractivity contribution is 6.28. The van der Waals surface area contributed by atoms with E-state index in [4.69, 9.17) is 4.42 Å². The highest BCUT2D eigenvalue weighted by Crippen LogP contribution is 2.21. The summed E-state index contributed by atoms with van der Waals surface area (Å²) in [6.07, 6.45) is 13.4. The lowest BCUT2D eigenvalue weighted by molar-refractivity contribution is -0.130. The predicted molar refractivity (Wildman–Crippen MR) is 92.2 cm³/mol. The fraction of sp³-hybridized carbons (Fsp3) is 0.316. The molecular formula is C19H20N2O4. The minimum Gasteiger partial charge on any atom is -0.465 e. The van der Waals surface area contributed by atoms with Gasteiger partial charge < -0.3 is 4.42 Å². The van der Waals surface area contributed by atoms with Crippen LogP contribution in [0, 0.1) is 0 Å². The number of hydrogen-bond acceptors (Lipinski definition) is 4. The third kappa shape index (κ3) is 4.15. The van der Waals surface area contributed by atoms with Crippen molar-refractivity contribution in [2.45, 2.75) is 32.1 Å². The second-order valence-corrected chi connectivity index (χ2v) is 6.03. The molecule has 2 heterocycles. The van der Waals surface area contributed by atoms with Crippen molar-refractivity contribution in [3.63, 3.8) is 0 Å². The van der Waals surface area contributed by atoms with Crippen LogP contribution < -0.4 is 5.32 Å². The molecule has 1 aromatic heterocycles. The fourth-order valence-electron chi connectivity index (χ4n) is 2.93. The summed E-state index contributed by atoms with van der Waals surface area (Å²) in [5.41, 5.74) is 1.21. The van der Waals surface area contributed by atoms with Crippen LogP contribution in [0.2, 0.25) is 0 Å². The van der Waals surface area contributed by atoms with Gasteiger partial charge in [-0.15, -0.1) is 0 Å². The Hall–Kier alpha value is -2.89. The molecular weight excluding hydrogens is 320 g/mol. The third-order valence-electron chi connectivity index (χ3n) is 4.29. The summed E-state index contributed by atoms with van der Waals surface area (Å²) in [7, 11) is 0. The summed E-state index contributed by atoms with van der Waals surface area (Å²) in [5.74, 6) is -0.626. The van der Waals surface area contributed by atoms with Gasteiger partial charge in [0.05, 0.1) is 6.26 Å². The molecule has 3 rings (SSSR count). The SMILES string of the molecule is O=C1NC(=O)N(CCC2=CCCCC2)C(=O)/C1=C/C=C/c1ccco1. The first-order valence-corrected chi connectivity index (χ1v) is 8.42. The van der Waals surface area contributed by atoms with Crippen LogP contribution in [-0.2, 0) is 9.59 Å². The Bertz CT molecular complexity index is 756. The van der Waals surface area contributed by atoms with Gasteiger partial charge in [-0.25, -0.2) is 4.79 Å². The van der Waals surface area contributed by atoms with Crippen LogP contribution in [0.1, 0.15) is 37.9 Å². The number of hydrogen-bond donors (Lipinski definition) is 1. The maximum Gasteiger partial charge on any atom is 0.331 e. The summed E-state index contributed by atoms with van der Waals surface area (Å²) in [6, 6.07) is 2.84.